The lowest BCUT2D eigenvalue weighted by atomic mass is 9.73. The average Bonchev–Trinajstić information content (AvgIpc) is 3.00. The van der Waals surface area contributed by atoms with Crippen LogP contribution in [0.25, 0.3) is 0 Å². The smallest absolute Gasteiger partial charge is 0.163 e. The van der Waals surface area contributed by atoms with E-state index in [1.807, 2.05) is 79.7 Å². The summed E-state index contributed by atoms with van der Waals surface area (Å²) in [6.45, 7) is 3.30. The fraction of sp³-hybridized carbons (Fsp3) is 0.314. The predicted molar refractivity (Wildman–Crippen MR) is 155 cm³/mol. The number of hydrogen-bond acceptors (Lipinski definition) is 6. The van der Waals surface area contributed by atoms with Crippen LogP contribution in [-0.4, -0.2) is 18.2 Å². The second-order valence-electron chi connectivity index (χ2n) is 10.6. The maximum absolute atomic E-state index is 13.0. The summed E-state index contributed by atoms with van der Waals surface area (Å²) in [7, 11) is 0. The van der Waals surface area contributed by atoms with Crippen LogP contribution in [0.4, 0.5) is 0 Å². The number of Topliss-reactive ketones (excluding diaryl/α,β-unsaturated/α-hetero) is 2. The first-order valence-corrected chi connectivity index (χ1v) is 14.5. The Balaban J connectivity index is 1.17. The van der Waals surface area contributed by atoms with Crippen molar-refractivity contribution in [3.63, 3.8) is 0 Å². The Morgan fingerprint density at radius 3 is 2.00 bits per heavy atom. The lowest BCUT2D eigenvalue weighted by Gasteiger charge is -2.36. The van der Waals surface area contributed by atoms with Crippen molar-refractivity contribution < 1.29 is 28.5 Å². The summed E-state index contributed by atoms with van der Waals surface area (Å²) in [4.78, 5) is 26.0. The Hall–Kier alpha value is -4.32. The molecule has 1 aliphatic heterocycles. The Morgan fingerprint density at radius 2 is 1.34 bits per heavy atom. The number of carbonyl (C=O) groups is 2. The highest BCUT2D eigenvalue weighted by atomic mass is 16.5. The Labute approximate surface area is 240 Å². The summed E-state index contributed by atoms with van der Waals surface area (Å²) in [6.07, 6.45) is 4.05. The molecule has 0 fully saturated rings. The summed E-state index contributed by atoms with van der Waals surface area (Å²) < 4.78 is 24.1. The molecule has 0 spiro atoms. The van der Waals surface area contributed by atoms with Crippen LogP contribution >= 0.6 is 0 Å². The Kier molecular flexibility index (Phi) is 7.90. The third-order valence-corrected chi connectivity index (χ3v) is 7.80. The molecule has 0 aromatic heterocycles. The molecule has 3 aromatic carbocycles. The van der Waals surface area contributed by atoms with Gasteiger partial charge in [-0.2, -0.15) is 0 Å². The topological polar surface area (TPSA) is 71.1 Å². The van der Waals surface area contributed by atoms with E-state index in [4.69, 9.17) is 18.9 Å². The van der Waals surface area contributed by atoms with Crippen molar-refractivity contribution in [3.8, 4) is 17.2 Å². The fourth-order valence-electron chi connectivity index (χ4n) is 5.84. The van der Waals surface area contributed by atoms with E-state index in [1.165, 1.54) is 0 Å². The summed E-state index contributed by atoms with van der Waals surface area (Å²) in [5.74, 6) is 3.39. The molecule has 210 valence electrons. The number of ketones is 2. The van der Waals surface area contributed by atoms with Gasteiger partial charge in [0.25, 0.3) is 0 Å². The highest BCUT2D eigenvalue weighted by Gasteiger charge is 2.41. The molecular formula is C35H34O6. The van der Waals surface area contributed by atoms with Crippen molar-refractivity contribution in [3.05, 3.63) is 112 Å². The largest absolute Gasteiger partial charge is 0.490 e. The van der Waals surface area contributed by atoms with E-state index < -0.39 is 0 Å². The van der Waals surface area contributed by atoms with Gasteiger partial charge in [-0.25, -0.2) is 0 Å². The van der Waals surface area contributed by atoms with Crippen molar-refractivity contribution in [2.75, 3.05) is 6.61 Å². The third-order valence-electron chi connectivity index (χ3n) is 7.80. The molecule has 41 heavy (non-hydrogen) atoms. The van der Waals surface area contributed by atoms with Gasteiger partial charge in [0.05, 0.1) is 6.61 Å². The SMILES string of the molecule is CCOc1cc(COc2ccc(C3C4=C(CCCC4=O)OC4=C3C(=O)CCC4)cc2)ccc1OCc1ccccc1. The van der Waals surface area contributed by atoms with Crippen molar-refractivity contribution >= 4 is 11.6 Å². The number of allylic oxidation sites excluding steroid dienone is 4. The summed E-state index contributed by atoms with van der Waals surface area (Å²) in [6, 6.07) is 23.6. The van der Waals surface area contributed by atoms with Crippen molar-refractivity contribution in [1.82, 2.24) is 0 Å². The minimum Gasteiger partial charge on any atom is -0.490 e. The molecule has 0 radical (unpaired) electrons. The highest BCUT2D eigenvalue weighted by molar-refractivity contribution is 6.05. The fourth-order valence-corrected chi connectivity index (χ4v) is 5.84. The second kappa shape index (κ2) is 12.0. The van der Waals surface area contributed by atoms with Gasteiger partial charge in [-0.15, -0.1) is 0 Å². The molecule has 6 rings (SSSR count). The van der Waals surface area contributed by atoms with Crippen LogP contribution in [0.15, 0.2) is 95.5 Å². The van der Waals surface area contributed by atoms with Crippen molar-refractivity contribution in [1.29, 1.82) is 0 Å². The van der Waals surface area contributed by atoms with Gasteiger partial charge in [0.1, 0.15) is 30.5 Å². The van der Waals surface area contributed by atoms with Crippen LogP contribution in [0.3, 0.4) is 0 Å². The molecule has 6 nitrogen and oxygen atoms in total. The van der Waals surface area contributed by atoms with Crippen LogP contribution < -0.4 is 14.2 Å². The summed E-state index contributed by atoms with van der Waals surface area (Å²) >= 11 is 0. The predicted octanol–water partition coefficient (Wildman–Crippen LogP) is 7.37. The van der Waals surface area contributed by atoms with Crippen LogP contribution in [-0.2, 0) is 27.5 Å². The number of carbonyl (C=O) groups excluding carboxylic acids is 2. The van der Waals surface area contributed by atoms with Gasteiger partial charge in [-0.05, 0) is 60.7 Å². The maximum Gasteiger partial charge on any atom is 0.163 e. The molecule has 0 unspecified atom stereocenters. The quantitative estimate of drug-likeness (QED) is 0.277. The zero-order valence-corrected chi connectivity index (χ0v) is 23.3. The number of hydrogen-bond donors (Lipinski definition) is 0. The third kappa shape index (κ3) is 5.78. The molecule has 6 heteroatoms. The molecule has 0 saturated carbocycles. The van der Waals surface area contributed by atoms with Crippen LogP contribution in [0.2, 0.25) is 0 Å². The minimum atomic E-state index is -0.361. The van der Waals surface area contributed by atoms with E-state index in [-0.39, 0.29) is 17.5 Å². The van der Waals surface area contributed by atoms with E-state index in [0.717, 1.165) is 53.9 Å². The maximum atomic E-state index is 13.0. The average molecular weight is 551 g/mol. The van der Waals surface area contributed by atoms with E-state index >= 15 is 0 Å². The van der Waals surface area contributed by atoms with Gasteiger partial charge < -0.3 is 18.9 Å². The molecule has 0 amide bonds. The molecule has 0 N–H and O–H groups in total. The van der Waals surface area contributed by atoms with Crippen molar-refractivity contribution in [2.45, 2.75) is 64.6 Å². The molecule has 0 bridgehead atoms. The summed E-state index contributed by atoms with van der Waals surface area (Å²) in [5.41, 5.74) is 4.30. The first-order chi connectivity index (χ1) is 20.1. The molecule has 2 aliphatic carbocycles. The van der Waals surface area contributed by atoms with Gasteiger partial charge in [0, 0.05) is 42.7 Å². The molecule has 3 aromatic rings. The molecular weight excluding hydrogens is 516 g/mol. The molecule has 1 heterocycles. The van der Waals surface area contributed by atoms with Crippen LogP contribution in [0, 0.1) is 0 Å². The molecule has 3 aliphatic rings. The lowest BCUT2D eigenvalue weighted by molar-refractivity contribution is -0.117. The normalized spacial score (nSPS) is 17.1. The van der Waals surface area contributed by atoms with Gasteiger partial charge in [-0.3, -0.25) is 9.59 Å². The van der Waals surface area contributed by atoms with Gasteiger partial charge in [0.15, 0.2) is 23.1 Å². The Bertz CT molecular complexity index is 1460. The molecule has 0 atom stereocenters. The van der Waals surface area contributed by atoms with Gasteiger partial charge in [0.2, 0.25) is 0 Å². The van der Waals surface area contributed by atoms with Crippen LogP contribution in [0.1, 0.15) is 68.1 Å². The number of ether oxygens (including phenoxy) is 4. The van der Waals surface area contributed by atoms with E-state index in [0.29, 0.717) is 61.1 Å². The zero-order chi connectivity index (χ0) is 28.2. The lowest BCUT2D eigenvalue weighted by Crippen LogP contribution is -2.30. The summed E-state index contributed by atoms with van der Waals surface area (Å²) in [5, 5.41) is 0. The zero-order valence-electron chi connectivity index (χ0n) is 23.3. The van der Waals surface area contributed by atoms with E-state index in [9.17, 15) is 9.59 Å². The highest BCUT2D eigenvalue weighted by Crippen LogP contribution is 2.47. The minimum absolute atomic E-state index is 0.0859. The number of rotatable bonds is 9. The molecule has 0 saturated heterocycles. The first-order valence-electron chi connectivity index (χ1n) is 14.5. The Morgan fingerprint density at radius 1 is 0.683 bits per heavy atom. The van der Waals surface area contributed by atoms with E-state index in [1.54, 1.807) is 0 Å². The van der Waals surface area contributed by atoms with Crippen molar-refractivity contribution in [2.24, 2.45) is 0 Å². The standard InChI is InChI=1S/C35H34O6/c1-2-38-32-20-24(14-19-29(32)40-21-23-8-4-3-5-9-23)22-39-26-17-15-25(16-18-26)33-34-27(36)10-6-12-30(34)41-31-13-7-11-28(37)35(31)33/h3-5,8-9,14-20,33H,2,6-7,10-13,21-22H2,1H3. The van der Waals surface area contributed by atoms with Gasteiger partial charge in [-0.1, -0.05) is 48.5 Å². The van der Waals surface area contributed by atoms with E-state index in [2.05, 4.69) is 0 Å². The van der Waals surface area contributed by atoms with Gasteiger partial charge >= 0.3 is 0 Å². The first kappa shape index (κ1) is 26.9. The second-order valence-corrected chi connectivity index (χ2v) is 10.6. The van der Waals surface area contributed by atoms with Crippen LogP contribution in [0.5, 0.6) is 17.2 Å². The monoisotopic (exact) mass is 550 g/mol. The number of benzene rings is 3.